The van der Waals surface area contributed by atoms with Crippen molar-refractivity contribution in [2.24, 2.45) is 5.73 Å². The molecule has 1 aromatic carbocycles. The van der Waals surface area contributed by atoms with Crippen molar-refractivity contribution in [1.29, 1.82) is 0 Å². The fourth-order valence-corrected chi connectivity index (χ4v) is 2.32. The van der Waals surface area contributed by atoms with Crippen molar-refractivity contribution in [2.75, 3.05) is 6.61 Å². The summed E-state index contributed by atoms with van der Waals surface area (Å²) in [7, 11) is 0. The Balaban J connectivity index is 1.95. The Morgan fingerprint density at radius 2 is 1.90 bits per heavy atom. The van der Waals surface area contributed by atoms with Crippen LogP contribution in [0.2, 0.25) is 0 Å². The molecule has 0 radical (unpaired) electrons. The zero-order valence-corrected chi connectivity index (χ0v) is 11.1. The van der Waals surface area contributed by atoms with Gasteiger partial charge in [0.1, 0.15) is 23.2 Å². The molecule has 0 amide bonds. The van der Waals surface area contributed by atoms with Crippen LogP contribution in [0.1, 0.15) is 21.6 Å². The molecule has 8 heteroatoms. The van der Waals surface area contributed by atoms with Gasteiger partial charge in [-0.05, 0) is 5.56 Å². The Morgan fingerprint density at radius 3 is 2.55 bits per heavy atom. The second-order valence-corrected chi connectivity index (χ2v) is 5.12. The van der Waals surface area contributed by atoms with Crippen LogP contribution in [-0.4, -0.2) is 23.0 Å². The van der Waals surface area contributed by atoms with Crippen molar-refractivity contribution in [2.45, 2.75) is 18.8 Å². The number of nitrogens with zero attached hydrogens (tertiary/aromatic N) is 2. The van der Waals surface area contributed by atoms with Crippen LogP contribution in [0, 0.1) is 0 Å². The number of hydrogen-bond acceptors (Lipinski definition) is 5. The number of halogens is 3. The maximum atomic E-state index is 11.9. The van der Waals surface area contributed by atoms with E-state index in [0.717, 1.165) is 16.9 Å². The first-order valence-electron chi connectivity index (χ1n) is 5.73. The highest BCUT2D eigenvalue weighted by molar-refractivity contribution is 7.11. The molecule has 0 spiro atoms. The number of nitrogens with two attached hydrogens (primary N) is 1. The third kappa shape index (κ3) is 4.26. The number of rotatable bonds is 5. The lowest BCUT2D eigenvalue weighted by molar-refractivity contribution is -0.176. The van der Waals surface area contributed by atoms with Gasteiger partial charge in [0.2, 0.25) is 0 Å². The maximum Gasteiger partial charge on any atom is 0.411 e. The van der Waals surface area contributed by atoms with E-state index in [9.17, 15) is 13.2 Å². The molecule has 108 valence electrons. The van der Waals surface area contributed by atoms with Crippen molar-refractivity contribution < 1.29 is 17.9 Å². The standard InChI is InChI=1S/C12H12F3N3OS/c13-12(14,15)7-19-6-9-17-18-11(20-9)10(16)8-4-2-1-3-5-8/h1-5,10H,6-7,16H2. The topological polar surface area (TPSA) is 61.0 Å². The van der Waals surface area contributed by atoms with Crippen molar-refractivity contribution >= 4 is 11.3 Å². The van der Waals surface area contributed by atoms with Gasteiger partial charge in [0.05, 0.1) is 6.04 Å². The van der Waals surface area contributed by atoms with Gasteiger partial charge >= 0.3 is 6.18 Å². The van der Waals surface area contributed by atoms with Crippen LogP contribution in [0.3, 0.4) is 0 Å². The smallest absolute Gasteiger partial charge is 0.365 e. The molecule has 0 saturated heterocycles. The SMILES string of the molecule is NC(c1ccccc1)c1nnc(COCC(F)(F)F)s1. The summed E-state index contributed by atoms with van der Waals surface area (Å²) in [6.07, 6.45) is -4.34. The molecule has 0 fully saturated rings. The van der Waals surface area contributed by atoms with Gasteiger partial charge < -0.3 is 10.5 Å². The van der Waals surface area contributed by atoms with Crippen LogP contribution in [0.15, 0.2) is 30.3 Å². The highest BCUT2D eigenvalue weighted by Gasteiger charge is 2.27. The number of ether oxygens (including phenoxy) is 1. The summed E-state index contributed by atoms with van der Waals surface area (Å²) in [5.41, 5.74) is 6.88. The van der Waals surface area contributed by atoms with E-state index in [1.165, 1.54) is 0 Å². The molecule has 0 bridgehead atoms. The van der Waals surface area contributed by atoms with E-state index < -0.39 is 18.8 Å². The Kier molecular flexibility index (Phi) is 4.69. The van der Waals surface area contributed by atoms with Crippen LogP contribution >= 0.6 is 11.3 Å². The summed E-state index contributed by atoms with van der Waals surface area (Å²) in [6.45, 7) is -1.52. The lowest BCUT2D eigenvalue weighted by Gasteiger charge is -2.07. The van der Waals surface area contributed by atoms with E-state index in [1.54, 1.807) is 0 Å². The predicted octanol–water partition coefficient (Wildman–Crippen LogP) is 2.67. The quantitative estimate of drug-likeness (QED) is 0.922. The maximum absolute atomic E-state index is 11.9. The lowest BCUT2D eigenvalue weighted by Crippen LogP contribution is -2.16. The van der Waals surface area contributed by atoms with Crippen LogP contribution in [-0.2, 0) is 11.3 Å². The molecule has 0 saturated carbocycles. The summed E-state index contributed by atoms with van der Waals surface area (Å²) in [6, 6.07) is 8.84. The summed E-state index contributed by atoms with van der Waals surface area (Å²) in [5.74, 6) is 0. The fourth-order valence-electron chi connectivity index (χ4n) is 1.51. The Morgan fingerprint density at radius 1 is 1.20 bits per heavy atom. The normalized spacial score (nSPS) is 13.4. The van der Waals surface area contributed by atoms with E-state index in [2.05, 4.69) is 14.9 Å². The van der Waals surface area contributed by atoms with Gasteiger partial charge in [0.15, 0.2) is 0 Å². The molecule has 1 unspecified atom stereocenters. The van der Waals surface area contributed by atoms with Gasteiger partial charge in [-0.1, -0.05) is 41.7 Å². The number of alkyl halides is 3. The molecule has 2 aromatic rings. The first-order valence-corrected chi connectivity index (χ1v) is 6.54. The Labute approximate surface area is 117 Å². The van der Waals surface area contributed by atoms with Gasteiger partial charge in [-0.15, -0.1) is 10.2 Å². The molecular formula is C12H12F3N3OS. The van der Waals surface area contributed by atoms with E-state index in [-0.39, 0.29) is 6.61 Å². The summed E-state index contributed by atoms with van der Waals surface area (Å²) in [4.78, 5) is 0. The minimum Gasteiger partial charge on any atom is -0.365 e. The average Bonchev–Trinajstić information content (AvgIpc) is 2.86. The summed E-state index contributed by atoms with van der Waals surface area (Å²) >= 11 is 1.15. The molecule has 4 nitrogen and oxygen atoms in total. The van der Waals surface area contributed by atoms with E-state index in [4.69, 9.17) is 5.73 Å². The zero-order valence-electron chi connectivity index (χ0n) is 10.3. The predicted molar refractivity (Wildman–Crippen MR) is 68.1 cm³/mol. The molecule has 1 heterocycles. The first-order chi connectivity index (χ1) is 9.46. The van der Waals surface area contributed by atoms with Crippen LogP contribution < -0.4 is 5.73 Å². The molecule has 1 atom stereocenters. The van der Waals surface area contributed by atoms with Crippen LogP contribution in [0.5, 0.6) is 0 Å². The van der Waals surface area contributed by atoms with Crippen molar-refractivity contribution in [3.63, 3.8) is 0 Å². The van der Waals surface area contributed by atoms with Crippen molar-refractivity contribution in [1.82, 2.24) is 10.2 Å². The van der Waals surface area contributed by atoms with Crippen LogP contribution in [0.4, 0.5) is 13.2 Å². The van der Waals surface area contributed by atoms with Gasteiger partial charge in [-0.2, -0.15) is 13.2 Å². The highest BCUT2D eigenvalue weighted by Crippen LogP contribution is 2.23. The van der Waals surface area contributed by atoms with Crippen molar-refractivity contribution in [3.05, 3.63) is 45.9 Å². The molecule has 20 heavy (non-hydrogen) atoms. The second kappa shape index (κ2) is 6.29. The number of aromatic nitrogens is 2. The minimum atomic E-state index is -4.34. The third-order valence-corrected chi connectivity index (χ3v) is 3.38. The molecule has 0 aliphatic carbocycles. The van der Waals surface area contributed by atoms with Gasteiger partial charge in [0.25, 0.3) is 0 Å². The molecule has 0 aliphatic rings. The van der Waals surface area contributed by atoms with Gasteiger partial charge in [-0.25, -0.2) is 0 Å². The molecule has 1 aromatic heterocycles. The Hall–Kier alpha value is -1.51. The lowest BCUT2D eigenvalue weighted by atomic mass is 10.1. The second-order valence-electron chi connectivity index (χ2n) is 4.03. The van der Waals surface area contributed by atoms with Crippen molar-refractivity contribution in [3.8, 4) is 0 Å². The molecule has 2 rings (SSSR count). The van der Waals surface area contributed by atoms with E-state index in [1.807, 2.05) is 30.3 Å². The number of benzene rings is 1. The summed E-state index contributed by atoms with van der Waals surface area (Å²) in [5, 5.41) is 8.58. The Bertz CT molecular complexity index is 544. The largest absolute Gasteiger partial charge is 0.411 e. The molecule has 0 aliphatic heterocycles. The van der Waals surface area contributed by atoms with E-state index >= 15 is 0 Å². The zero-order chi connectivity index (χ0) is 14.6. The highest BCUT2D eigenvalue weighted by atomic mass is 32.1. The van der Waals surface area contributed by atoms with Crippen LogP contribution in [0.25, 0.3) is 0 Å². The van der Waals surface area contributed by atoms with Gasteiger partial charge in [-0.3, -0.25) is 0 Å². The first kappa shape index (κ1) is 14.9. The fraction of sp³-hybridized carbons (Fsp3) is 0.333. The monoisotopic (exact) mass is 303 g/mol. The number of hydrogen-bond donors (Lipinski definition) is 1. The molecule has 2 N–H and O–H groups in total. The average molecular weight is 303 g/mol. The third-order valence-electron chi connectivity index (χ3n) is 2.40. The summed E-state index contributed by atoms with van der Waals surface area (Å²) < 4.78 is 40.3. The van der Waals surface area contributed by atoms with E-state index in [0.29, 0.717) is 10.0 Å². The minimum absolute atomic E-state index is 0.224. The van der Waals surface area contributed by atoms with Gasteiger partial charge in [0, 0.05) is 0 Å². The molecular weight excluding hydrogens is 291 g/mol.